The number of hydrogen-bond acceptors (Lipinski definition) is 9. The molecule has 0 radical (unpaired) electrons. The van der Waals surface area contributed by atoms with Crippen LogP contribution in [-0.4, -0.2) is 67.6 Å². The Labute approximate surface area is 203 Å². The Bertz CT molecular complexity index is 1430. The Balaban J connectivity index is 1.37. The van der Waals surface area contributed by atoms with Crippen LogP contribution in [0.25, 0.3) is 5.52 Å². The zero-order valence-corrected chi connectivity index (χ0v) is 20.2. The molecule has 5 rings (SSSR count). The lowest BCUT2D eigenvalue weighted by molar-refractivity contribution is 0.122. The van der Waals surface area contributed by atoms with Crippen molar-refractivity contribution in [1.29, 1.82) is 0 Å². The predicted octanol–water partition coefficient (Wildman–Crippen LogP) is 2.84. The number of ether oxygens (including phenoxy) is 1. The Kier molecular flexibility index (Phi) is 6.14. The van der Waals surface area contributed by atoms with Gasteiger partial charge in [0.1, 0.15) is 5.82 Å². The first-order valence-corrected chi connectivity index (χ1v) is 12.9. The van der Waals surface area contributed by atoms with Crippen LogP contribution in [0.2, 0.25) is 0 Å². The van der Waals surface area contributed by atoms with Crippen LogP contribution in [0.5, 0.6) is 0 Å². The smallest absolute Gasteiger partial charge is 0.245 e. The number of anilines is 6. The Morgan fingerprint density at radius 1 is 1.00 bits per heavy atom. The maximum Gasteiger partial charge on any atom is 0.245 e. The average Bonchev–Trinajstić information content (AvgIpc) is 3.26. The van der Waals surface area contributed by atoms with Crippen LogP contribution in [0.4, 0.5) is 34.6 Å². The summed E-state index contributed by atoms with van der Waals surface area (Å²) >= 11 is 0. The van der Waals surface area contributed by atoms with Crippen LogP contribution in [0.1, 0.15) is 0 Å². The number of hydrogen-bond donors (Lipinski definition) is 2. The molecule has 0 atom stereocenters. The van der Waals surface area contributed by atoms with E-state index in [1.54, 1.807) is 29.0 Å². The van der Waals surface area contributed by atoms with E-state index in [1.807, 2.05) is 24.3 Å². The molecule has 3 aromatic heterocycles. The molecular weight excluding hydrogens is 468 g/mol. The molecule has 1 aliphatic heterocycles. The number of rotatable bonds is 7. The Morgan fingerprint density at radius 3 is 2.51 bits per heavy atom. The summed E-state index contributed by atoms with van der Waals surface area (Å²) in [5.41, 5.74) is 3.33. The molecule has 35 heavy (non-hydrogen) atoms. The average molecular weight is 495 g/mol. The molecule has 1 fully saturated rings. The molecule has 1 aliphatic rings. The van der Waals surface area contributed by atoms with E-state index < -0.39 is 10.0 Å². The topological polar surface area (TPSA) is 117 Å². The monoisotopic (exact) mass is 494 g/mol. The first-order chi connectivity index (χ1) is 16.9. The largest absolute Gasteiger partial charge is 0.378 e. The lowest BCUT2D eigenvalue weighted by Crippen LogP contribution is -2.36. The van der Waals surface area contributed by atoms with Crippen molar-refractivity contribution >= 4 is 50.2 Å². The van der Waals surface area contributed by atoms with Gasteiger partial charge in [0.25, 0.3) is 0 Å². The van der Waals surface area contributed by atoms with Gasteiger partial charge in [-0.25, -0.2) is 22.9 Å². The minimum atomic E-state index is -3.47. The molecule has 0 aliphatic carbocycles. The fraction of sp³-hybridized carbons (Fsp3) is 0.261. The van der Waals surface area contributed by atoms with Crippen molar-refractivity contribution in [3.05, 3.63) is 60.9 Å². The van der Waals surface area contributed by atoms with Crippen molar-refractivity contribution in [2.45, 2.75) is 0 Å². The van der Waals surface area contributed by atoms with Crippen LogP contribution in [-0.2, 0) is 14.8 Å². The van der Waals surface area contributed by atoms with E-state index in [0.717, 1.165) is 53.8 Å². The van der Waals surface area contributed by atoms with Crippen LogP contribution in [0.3, 0.4) is 0 Å². The van der Waals surface area contributed by atoms with Gasteiger partial charge >= 0.3 is 0 Å². The summed E-state index contributed by atoms with van der Waals surface area (Å²) in [5, 5.41) is 11.1. The zero-order valence-electron chi connectivity index (χ0n) is 19.4. The molecule has 0 spiro atoms. The van der Waals surface area contributed by atoms with E-state index in [1.165, 1.54) is 7.05 Å². The van der Waals surface area contributed by atoms with Crippen molar-refractivity contribution < 1.29 is 13.2 Å². The fourth-order valence-corrected chi connectivity index (χ4v) is 4.26. The lowest BCUT2D eigenvalue weighted by atomic mass is 10.2. The van der Waals surface area contributed by atoms with Crippen LogP contribution in [0.15, 0.2) is 60.9 Å². The maximum absolute atomic E-state index is 12.0. The molecule has 1 aromatic carbocycles. The van der Waals surface area contributed by atoms with Gasteiger partial charge in [0, 0.05) is 37.7 Å². The number of sulfonamides is 1. The van der Waals surface area contributed by atoms with Crippen LogP contribution >= 0.6 is 0 Å². The SMILES string of the molecule is CN(c1ncccc1Nc1ccc2cnc(Nc3ccc(N4CCOCC4)cc3)nn12)S(C)(=O)=O. The minimum Gasteiger partial charge on any atom is -0.378 e. The van der Waals surface area contributed by atoms with Gasteiger partial charge in [-0.2, -0.15) is 0 Å². The third kappa shape index (κ3) is 4.98. The number of benzene rings is 1. The normalized spacial score (nSPS) is 14.2. The number of nitrogens with zero attached hydrogens (tertiary/aromatic N) is 6. The molecular formula is C23H26N8O3S. The van der Waals surface area contributed by atoms with E-state index in [4.69, 9.17) is 4.74 Å². The standard InChI is InChI=1S/C23H26N8O3S/c1-29(35(2,32)33)22-20(4-3-11-24-22)27-21-10-9-19-16-25-23(28-31(19)21)26-17-5-7-18(8-6-17)30-12-14-34-15-13-30/h3-11,16,27H,12-15H2,1-2H3,(H,26,28). The molecule has 2 N–H and O–H groups in total. The quantitative estimate of drug-likeness (QED) is 0.400. The fourth-order valence-electron chi connectivity index (χ4n) is 3.80. The third-order valence-electron chi connectivity index (χ3n) is 5.74. The number of pyridine rings is 1. The molecule has 182 valence electrons. The summed E-state index contributed by atoms with van der Waals surface area (Å²) in [6.45, 7) is 3.25. The van der Waals surface area contributed by atoms with Gasteiger partial charge in [0.15, 0.2) is 5.82 Å². The highest BCUT2D eigenvalue weighted by Crippen LogP contribution is 2.28. The van der Waals surface area contributed by atoms with Gasteiger partial charge in [-0.1, -0.05) is 0 Å². The maximum atomic E-state index is 12.0. The van der Waals surface area contributed by atoms with Gasteiger partial charge in [0.05, 0.1) is 36.9 Å². The van der Waals surface area contributed by atoms with Gasteiger partial charge < -0.3 is 20.3 Å². The second-order valence-corrected chi connectivity index (χ2v) is 10.2. The van der Waals surface area contributed by atoms with Gasteiger partial charge in [-0.15, -0.1) is 5.10 Å². The molecule has 11 nitrogen and oxygen atoms in total. The molecule has 4 heterocycles. The summed E-state index contributed by atoms with van der Waals surface area (Å²) in [4.78, 5) is 10.9. The third-order valence-corrected chi connectivity index (χ3v) is 6.91. The molecule has 0 amide bonds. The van der Waals surface area contributed by atoms with Gasteiger partial charge in [-0.05, 0) is 48.5 Å². The highest BCUT2D eigenvalue weighted by molar-refractivity contribution is 7.92. The van der Waals surface area contributed by atoms with Crippen LogP contribution < -0.4 is 19.8 Å². The van der Waals surface area contributed by atoms with Crippen molar-refractivity contribution in [3.8, 4) is 0 Å². The number of nitrogens with one attached hydrogen (secondary N) is 2. The van der Waals surface area contributed by atoms with Crippen molar-refractivity contribution in [3.63, 3.8) is 0 Å². The van der Waals surface area contributed by atoms with Crippen molar-refractivity contribution in [1.82, 2.24) is 19.6 Å². The lowest BCUT2D eigenvalue weighted by Gasteiger charge is -2.28. The van der Waals surface area contributed by atoms with Crippen molar-refractivity contribution in [2.75, 3.05) is 59.4 Å². The molecule has 12 heteroatoms. The molecule has 0 saturated carbocycles. The predicted molar refractivity (Wildman–Crippen MR) is 137 cm³/mol. The first-order valence-electron chi connectivity index (χ1n) is 11.1. The molecule has 4 aromatic rings. The van der Waals surface area contributed by atoms with Crippen molar-refractivity contribution in [2.24, 2.45) is 0 Å². The number of morpholine rings is 1. The Hall–Kier alpha value is -3.90. The van der Waals surface area contributed by atoms with E-state index in [0.29, 0.717) is 17.5 Å². The first kappa shape index (κ1) is 22.9. The molecule has 1 saturated heterocycles. The number of fused-ring (bicyclic) bond motifs is 1. The summed E-state index contributed by atoms with van der Waals surface area (Å²) in [6.07, 6.45) is 4.40. The van der Waals surface area contributed by atoms with E-state index in [2.05, 4.69) is 42.7 Å². The Morgan fingerprint density at radius 2 is 1.77 bits per heavy atom. The summed E-state index contributed by atoms with van der Waals surface area (Å²) in [5.74, 6) is 1.36. The second-order valence-electron chi connectivity index (χ2n) is 8.14. The highest BCUT2D eigenvalue weighted by atomic mass is 32.2. The van der Waals surface area contributed by atoms with Gasteiger partial charge in [-0.3, -0.25) is 4.31 Å². The van der Waals surface area contributed by atoms with E-state index in [9.17, 15) is 8.42 Å². The zero-order chi connectivity index (χ0) is 24.4. The summed E-state index contributed by atoms with van der Waals surface area (Å²) < 4.78 is 32.3. The van der Waals surface area contributed by atoms with E-state index >= 15 is 0 Å². The second kappa shape index (κ2) is 9.39. The van der Waals surface area contributed by atoms with Crippen LogP contribution in [0, 0.1) is 0 Å². The molecule has 0 unspecified atom stereocenters. The van der Waals surface area contributed by atoms with Gasteiger partial charge in [0.2, 0.25) is 16.0 Å². The van der Waals surface area contributed by atoms with E-state index in [-0.39, 0.29) is 5.82 Å². The highest BCUT2D eigenvalue weighted by Gasteiger charge is 2.18. The summed E-state index contributed by atoms with van der Waals surface area (Å²) in [6, 6.07) is 15.3. The minimum absolute atomic E-state index is 0.290. The summed E-state index contributed by atoms with van der Waals surface area (Å²) in [7, 11) is -2.01. The molecule has 0 bridgehead atoms. The number of aromatic nitrogens is 4.